The molecule has 0 amide bonds. The Morgan fingerprint density at radius 2 is 2.18 bits per heavy atom. The molecule has 2 nitrogen and oxygen atoms in total. The van der Waals surface area contributed by atoms with E-state index in [4.69, 9.17) is 16.3 Å². The van der Waals surface area contributed by atoms with Crippen molar-refractivity contribution in [3.63, 3.8) is 0 Å². The lowest BCUT2D eigenvalue weighted by molar-refractivity contribution is 0.243. The van der Waals surface area contributed by atoms with Crippen molar-refractivity contribution in [2.45, 2.75) is 26.5 Å². The van der Waals surface area contributed by atoms with Gasteiger partial charge in [0.1, 0.15) is 5.75 Å². The molecule has 0 bridgehead atoms. The topological polar surface area (TPSA) is 14.2 Å². The second kappa shape index (κ2) is 4.84. The number of hydrogen-bond donors (Lipinski definition) is 0. The van der Waals surface area contributed by atoms with Crippen LogP contribution in [-0.4, -0.2) is 10.7 Å². The summed E-state index contributed by atoms with van der Waals surface area (Å²) < 4.78 is 7.73. The molecule has 2 aromatic rings. The maximum Gasteiger partial charge on any atom is 0.120 e. The summed E-state index contributed by atoms with van der Waals surface area (Å²) in [4.78, 5) is 0. The normalized spacial score (nSPS) is 11.1. The fourth-order valence-electron chi connectivity index (χ4n) is 1.85. The zero-order chi connectivity index (χ0) is 12.4. The van der Waals surface area contributed by atoms with Gasteiger partial charge in [-0.1, -0.05) is 18.2 Å². The molecule has 1 heterocycles. The molecule has 0 saturated carbocycles. The summed E-state index contributed by atoms with van der Waals surface area (Å²) in [6.07, 6.45) is 2.20. The summed E-state index contributed by atoms with van der Waals surface area (Å²) in [5.41, 5.74) is 1.14. The summed E-state index contributed by atoms with van der Waals surface area (Å²) in [5, 5.41) is 1.78. The molecule has 0 N–H and O–H groups in total. The molecule has 17 heavy (non-hydrogen) atoms. The monoisotopic (exact) mass is 249 g/mol. The molecule has 1 aromatic carbocycles. The molecule has 90 valence electrons. The Bertz CT molecular complexity index is 542. The summed E-state index contributed by atoms with van der Waals surface area (Å²) in [7, 11) is 0. The lowest BCUT2D eigenvalue weighted by Crippen LogP contribution is -2.05. The van der Waals surface area contributed by atoms with Crippen LogP contribution in [0.5, 0.6) is 5.75 Å². The van der Waals surface area contributed by atoms with Gasteiger partial charge in [-0.05, 0) is 38.1 Å². The summed E-state index contributed by atoms with van der Waals surface area (Å²) in [6.45, 7) is 8.39. The van der Waals surface area contributed by atoms with Crippen molar-refractivity contribution in [1.29, 1.82) is 0 Å². The minimum Gasteiger partial charge on any atom is -0.491 e. The zero-order valence-electron chi connectivity index (χ0n) is 10.1. The number of halogens is 1. The van der Waals surface area contributed by atoms with E-state index in [1.807, 2.05) is 38.2 Å². The van der Waals surface area contributed by atoms with Crippen LogP contribution in [0.2, 0.25) is 0 Å². The maximum absolute atomic E-state index is 5.83. The molecule has 1 aromatic heterocycles. The minimum absolute atomic E-state index is 0.192. The average Bonchev–Trinajstić information content (AvgIpc) is 2.59. The number of allylic oxidation sites excluding steroid dienone is 1. The van der Waals surface area contributed by atoms with Gasteiger partial charge in [0.2, 0.25) is 0 Å². The molecule has 3 heteroatoms. The van der Waals surface area contributed by atoms with Gasteiger partial charge in [-0.25, -0.2) is 0 Å². The van der Waals surface area contributed by atoms with Crippen molar-refractivity contribution in [3.8, 4) is 5.75 Å². The number of rotatable bonds is 4. The summed E-state index contributed by atoms with van der Waals surface area (Å²) in [5.74, 6) is 0.898. The molecule has 2 rings (SSSR count). The first-order valence-electron chi connectivity index (χ1n) is 5.65. The van der Waals surface area contributed by atoms with Gasteiger partial charge in [0.25, 0.3) is 0 Å². The molecule has 0 fully saturated rings. The molecular formula is C14H16ClNO. The molecule has 0 aliphatic heterocycles. The Hall–Kier alpha value is -1.41. The van der Waals surface area contributed by atoms with Crippen LogP contribution in [0, 0.1) is 0 Å². The third-order valence-corrected chi connectivity index (χ3v) is 2.58. The summed E-state index contributed by atoms with van der Waals surface area (Å²) in [6, 6.07) is 8.13. The highest BCUT2D eigenvalue weighted by molar-refractivity contribution is 6.29. The number of benzene rings is 1. The van der Waals surface area contributed by atoms with Gasteiger partial charge < -0.3 is 9.30 Å². The van der Waals surface area contributed by atoms with Crippen LogP contribution >= 0.6 is 11.6 Å². The fourth-order valence-corrected chi connectivity index (χ4v) is 1.98. The van der Waals surface area contributed by atoms with Crippen LogP contribution in [-0.2, 0) is 6.54 Å². The van der Waals surface area contributed by atoms with Crippen molar-refractivity contribution in [1.82, 2.24) is 4.57 Å². The lowest BCUT2D eigenvalue weighted by atomic mass is 10.2. The highest BCUT2D eigenvalue weighted by Gasteiger charge is 2.04. The van der Waals surface area contributed by atoms with E-state index in [0.717, 1.165) is 16.7 Å². The highest BCUT2D eigenvalue weighted by atomic mass is 35.5. The molecule has 0 aliphatic carbocycles. The van der Waals surface area contributed by atoms with Gasteiger partial charge in [0, 0.05) is 22.1 Å². The molecule has 0 radical (unpaired) electrons. The highest BCUT2D eigenvalue weighted by Crippen LogP contribution is 2.23. The summed E-state index contributed by atoms with van der Waals surface area (Å²) >= 11 is 5.83. The third-order valence-electron chi connectivity index (χ3n) is 2.46. The second-order valence-electron chi connectivity index (χ2n) is 4.35. The van der Waals surface area contributed by atoms with Gasteiger partial charge in [0.15, 0.2) is 0 Å². The molecule has 0 spiro atoms. The molecule has 0 unspecified atom stereocenters. The van der Waals surface area contributed by atoms with Crippen molar-refractivity contribution >= 4 is 22.5 Å². The van der Waals surface area contributed by atoms with Gasteiger partial charge in [-0.2, -0.15) is 0 Å². The minimum atomic E-state index is 0.192. The van der Waals surface area contributed by atoms with Crippen LogP contribution in [0.3, 0.4) is 0 Å². The van der Waals surface area contributed by atoms with Gasteiger partial charge >= 0.3 is 0 Å². The fraction of sp³-hybridized carbons (Fsp3) is 0.286. The molecular weight excluding hydrogens is 234 g/mol. The molecule has 0 aliphatic rings. The van der Waals surface area contributed by atoms with Crippen molar-refractivity contribution in [3.05, 3.63) is 42.1 Å². The lowest BCUT2D eigenvalue weighted by Gasteiger charge is -2.10. The standard InChI is InChI=1S/C14H16ClNO/c1-10(2)17-13-4-5-14-12(8-13)6-7-16(14)9-11(3)15/h4-8,10H,3,9H2,1-2H3. The Morgan fingerprint density at radius 1 is 1.41 bits per heavy atom. The van der Waals surface area contributed by atoms with E-state index in [0.29, 0.717) is 11.6 Å². The largest absolute Gasteiger partial charge is 0.491 e. The van der Waals surface area contributed by atoms with Crippen molar-refractivity contribution < 1.29 is 4.74 Å². The Kier molecular flexibility index (Phi) is 3.43. The number of hydrogen-bond acceptors (Lipinski definition) is 1. The predicted octanol–water partition coefficient (Wildman–Crippen LogP) is 4.18. The van der Waals surface area contributed by atoms with E-state index < -0.39 is 0 Å². The van der Waals surface area contributed by atoms with Crippen LogP contribution < -0.4 is 4.74 Å². The Labute approximate surface area is 106 Å². The number of nitrogens with zero attached hydrogens (tertiary/aromatic N) is 1. The van der Waals surface area contributed by atoms with E-state index in [2.05, 4.69) is 17.2 Å². The predicted molar refractivity (Wildman–Crippen MR) is 72.7 cm³/mol. The first-order chi connectivity index (χ1) is 8.06. The average molecular weight is 250 g/mol. The SMILES string of the molecule is C=C(Cl)Cn1ccc2cc(OC(C)C)ccc21. The van der Waals surface area contributed by atoms with E-state index in [1.165, 1.54) is 0 Å². The quantitative estimate of drug-likeness (QED) is 0.793. The number of fused-ring (bicyclic) bond motifs is 1. The maximum atomic E-state index is 5.83. The van der Waals surface area contributed by atoms with E-state index >= 15 is 0 Å². The van der Waals surface area contributed by atoms with E-state index in [9.17, 15) is 0 Å². The van der Waals surface area contributed by atoms with E-state index in [1.54, 1.807) is 0 Å². The molecule has 0 atom stereocenters. The Balaban J connectivity index is 2.34. The zero-order valence-corrected chi connectivity index (χ0v) is 10.9. The van der Waals surface area contributed by atoms with Gasteiger partial charge in [-0.15, -0.1) is 0 Å². The second-order valence-corrected chi connectivity index (χ2v) is 4.88. The first kappa shape index (κ1) is 12.1. The van der Waals surface area contributed by atoms with Gasteiger partial charge in [0.05, 0.1) is 12.6 Å². The third kappa shape index (κ3) is 2.83. The number of ether oxygens (including phenoxy) is 1. The number of aromatic nitrogens is 1. The van der Waals surface area contributed by atoms with Crippen molar-refractivity contribution in [2.24, 2.45) is 0 Å². The van der Waals surface area contributed by atoms with E-state index in [-0.39, 0.29) is 6.10 Å². The van der Waals surface area contributed by atoms with Crippen molar-refractivity contribution in [2.75, 3.05) is 0 Å². The van der Waals surface area contributed by atoms with Gasteiger partial charge in [-0.3, -0.25) is 0 Å². The smallest absolute Gasteiger partial charge is 0.120 e. The molecule has 0 saturated heterocycles. The first-order valence-corrected chi connectivity index (χ1v) is 6.03. The van der Waals surface area contributed by atoms with Crippen LogP contribution in [0.4, 0.5) is 0 Å². The van der Waals surface area contributed by atoms with Crippen LogP contribution in [0.1, 0.15) is 13.8 Å². The Morgan fingerprint density at radius 3 is 2.82 bits per heavy atom. The van der Waals surface area contributed by atoms with Crippen LogP contribution in [0.25, 0.3) is 10.9 Å². The van der Waals surface area contributed by atoms with Crippen LogP contribution in [0.15, 0.2) is 42.1 Å².